The summed E-state index contributed by atoms with van der Waals surface area (Å²) in [4.78, 5) is 2.16. The first-order valence-electron chi connectivity index (χ1n) is 5.22. The summed E-state index contributed by atoms with van der Waals surface area (Å²) >= 11 is 0. The maximum atomic E-state index is 5.61. The van der Waals surface area contributed by atoms with Gasteiger partial charge in [-0.1, -0.05) is 0 Å². The highest BCUT2D eigenvalue weighted by Gasteiger charge is 2.12. The molecule has 0 amide bonds. The van der Waals surface area contributed by atoms with Crippen molar-refractivity contribution in [3.8, 4) is 0 Å². The maximum absolute atomic E-state index is 5.61. The smallest absolute Gasteiger partial charge is 0.0593 e. The molecule has 0 atom stereocenters. The Hall–Kier alpha value is 0.460. The Bertz CT molecular complexity index is 131. The van der Waals surface area contributed by atoms with Gasteiger partial charge in [-0.25, -0.2) is 0 Å². The monoisotopic (exact) mass is 258 g/mol. The number of hydrogen-bond acceptors (Lipinski definition) is 3. The van der Waals surface area contributed by atoms with Crippen LogP contribution in [0.5, 0.6) is 0 Å². The molecule has 0 bridgehead atoms. The van der Waals surface area contributed by atoms with Crippen LogP contribution < -0.4 is 5.32 Å². The normalized spacial score (nSPS) is 17.0. The van der Waals surface area contributed by atoms with Crippen LogP contribution in [-0.4, -0.2) is 51.8 Å². The van der Waals surface area contributed by atoms with E-state index in [0.717, 1.165) is 25.7 Å². The second-order valence-electron chi connectivity index (χ2n) is 4.07. The van der Waals surface area contributed by atoms with Gasteiger partial charge in [0.25, 0.3) is 0 Å². The van der Waals surface area contributed by atoms with Gasteiger partial charge in [-0.3, -0.25) is 0 Å². The van der Waals surface area contributed by atoms with E-state index >= 15 is 0 Å². The summed E-state index contributed by atoms with van der Waals surface area (Å²) in [5.41, 5.74) is 0. The Morgan fingerprint density at radius 2 is 1.80 bits per heavy atom. The molecule has 0 radical (unpaired) electrons. The number of ether oxygens (including phenoxy) is 1. The van der Waals surface area contributed by atoms with Gasteiger partial charge in [0, 0.05) is 13.2 Å². The van der Waals surface area contributed by atoms with Gasteiger partial charge in [-0.05, 0) is 45.9 Å². The molecule has 1 aliphatic heterocycles. The average Bonchev–Trinajstić information content (AvgIpc) is 2.14. The van der Waals surface area contributed by atoms with E-state index in [4.69, 9.17) is 4.74 Å². The lowest BCUT2D eigenvalue weighted by Gasteiger charge is -2.22. The molecule has 3 nitrogen and oxygen atoms in total. The molecule has 1 saturated heterocycles. The maximum Gasteiger partial charge on any atom is 0.0593 e. The third kappa shape index (κ3) is 9.39. The highest BCUT2D eigenvalue weighted by molar-refractivity contribution is 5.85. The van der Waals surface area contributed by atoms with Gasteiger partial charge in [0.1, 0.15) is 0 Å². The van der Waals surface area contributed by atoms with Gasteiger partial charge in [0.15, 0.2) is 0 Å². The van der Waals surface area contributed by atoms with E-state index in [1.54, 1.807) is 0 Å². The molecule has 0 unspecified atom stereocenters. The van der Waals surface area contributed by atoms with Gasteiger partial charge in [0.2, 0.25) is 0 Å². The van der Waals surface area contributed by atoms with Crippen LogP contribution in [0.3, 0.4) is 0 Å². The first kappa shape index (κ1) is 17.8. The van der Waals surface area contributed by atoms with Crippen LogP contribution in [-0.2, 0) is 4.74 Å². The summed E-state index contributed by atoms with van der Waals surface area (Å²) in [7, 11) is 4.15. The quantitative estimate of drug-likeness (QED) is 0.755. The number of hydrogen-bond donors (Lipinski definition) is 1. The first-order chi connectivity index (χ1) is 6.29. The summed E-state index contributed by atoms with van der Waals surface area (Å²) < 4.78 is 5.61. The Labute approximate surface area is 106 Å². The SMILES string of the molecule is CN(C)CCOCC1CCNCC1.Cl.Cl. The lowest BCUT2D eigenvalue weighted by Crippen LogP contribution is -2.30. The van der Waals surface area contributed by atoms with E-state index in [-0.39, 0.29) is 24.8 Å². The lowest BCUT2D eigenvalue weighted by molar-refractivity contribution is 0.0774. The molecule has 1 N–H and O–H groups in total. The molecule has 0 saturated carbocycles. The Kier molecular flexibility index (Phi) is 13.0. The fourth-order valence-corrected chi connectivity index (χ4v) is 1.55. The summed E-state index contributed by atoms with van der Waals surface area (Å²) in [5, 5.41) is 3.36. The van der Waals surface area contributed by atoms with Gasteiger partial charge in [-0.2, -0.15) is 0 Å². The van der Waals surface area contributed by atoms with Crippen molar-refractivity contribution in [3.63, 3.8) is 0 Å². The third-order valence-electron chi connectivity index (χ3n) is 2.50. The highest BCUT2D eigenvalue weighted by Crippen LogP contribution is 2.11. The second-order valence-corrected chi connectivity index (χ2v) is 4.07. The highest BCUT2D eigenvalue weighted by atomic mass is 35.5. The number of halogens is 2. The Balaban J connectivity index is 0. The van der Waals surface area contributed by atoms with E-state index < -0.39 is 0 Å². The summed E-state index contributed by atoms with van der Waals surface area (Å²) in [6, 6.07) is 0. The van der Waals surface area contributed by atoms with Gasteiger partial charge >= 0.3 is 0 Å². The molecular formula is C10H24Cl2N2O. The third-order valence-corrected chi connectivity index (χ3v) is 2.50. The molecule has 1 fully saturated rings. The first-order valence-corrected chi connectivity index (χ1v) is 5.22. The zero-order chi connectivity index (χ0) is 9.52. The van der Waals surface area contributed by atoms with Crippen molar-refractivity contribution in [2.45, 2.75) is 12.8 Å². The number of rotatable bonds is 5. The molecule has 0 aromatic rings. The van der Waals surface area contributed by atoms with Crippen molar-refractivity contribution in [3.05, 3.63) is 0 Å². The average molecular weight is 259 g/mol. The molecule has 94 valence electrons. The number of piperidine rings is 1. The minimum atomic E-state index is 0. The van der Waals surface area contributed by atoms with Crippen molar-refractivity contribution in [2.75, 3.05) is 46.9 Å². The van der Waals surface area contributed by atoms with Crippen LogP contribution >= 0.6 is 24.8 Å². The molecular weight excluding hydrogens is 235 g/mol. The van der Waals surface area contributed by atoms with Gasteiger partial charge in [0.05, 0.1) is 6.61 Å². The van der Waals surface area contributed by atoms with Crippen LogP contribution in [0.4, 0.5) is 0 Å². The predicted octanol–water partition coefficient (Wildman–Crippen LogP) is 1.41. The van der Waals surface area contributed by atoms with Gasteiger partial charge in [-0.15, -0.1) is 24.8 Å². The zero-order valence-corrected chi connectivity index (χ0v) is 11.3. The number of nitrogens with one attached hydrogen (secondary N) is 1. The Morgan fingerprint density at radius 3 is 2.33 bits per heavy atom. The van der Waals surface area contributed by atoms with E-state index in [0.29, 0.717) is 0 Å². The Morgan fingerprint density at radius 1 is 1.20 bits per heavy atom. The fraction of sp³-hybridized carbons (Fsp3) is 1.00. The number of nitrogens with zero attached hydrogens (tertiary/aromatic N) is 1. The second kappa shape index (κ2) is 11.0. The molecule has 1 aliphatic rings. The van der Waals surface area contributed by atoms with Crippen molar-refractivity contribution < 1.29 is 4.74 Å². The molecule has 1 rings (SSSR count). The minimum Gasteiger partial charge on any atom is -0.380 e. The zero-order valence-electron chi connectivity index (χ0n) is 9.70. The predicted molar refractivity (Wildman–Crippen MR) is 69.5 cm³/mol. The van der Waals surface area contributed by atoms with Crippen LogP contribution in [0.1, 0.15) is 12.8 Å². The molecule has 1 heterocycles. The standard InChI is InChI=1S/C10H22N2O.2ClH/c1-12(2)7-8-13-9-10-3-5-11-6-4-10;;/h10-11H,3-9H2,1-2H3;2*1H. The summed E-state index contributed by atoms with van der Waals surface area (Å²) in [6.45, 7) is 5.20. The van der Waals surface area contributed by atoms with Crippen molar-refractivity contribution in [1.29, 1.82) is 0 Å². The van der Waals surface area contributed by atoms with Gasteiger partial charge < -0.3 is 15.0 Å². The molecule has 0 aliphatic carbocycles. The van der Waals surface area contributed by atoms with Crippen LogP contribution in [0.15, 0.2) is 0 Å². The van der Waals surface area contributed by atoms with Crippen LogP contribution in [0, 0.1) is 5.92 Å². The molecule has 15 heavy (non-hydrogen) atoms. The number of likely N-dealkylation sites (N-methyl/N-ethyl adjacent to an activating group) is 1. The van der Waals surface area contributed by atoms with E-state index in [1.807, 2.05) is 0 Å². The molecule has 0 aromatic carbocycles. The fourth-order valence-electron chi connectivity index (χ4n) is 1.55. The van der Waals surface area contributed by atoms with E-state index in [1.165, 1.54) is 25.9 Å². The van der Waals surface area contributed by atoms with E-state index in [9.17, 15) is 0 Å². The topological polar surface area (TPSA) is 24.5 Å². The van der Waals surface area contributed by atoms with Crippen molar-refractivity contribution in [2.24, 2.45) is 5.92 Å². The summed E-state index contributed by atoms with van der Waals surface area (Å²) in [5.74, 6) is 0.795. The molecule has 0 spiro atoms. The summed E-state index contributed by atoms with van der Waals surface area (Å²) in [6.07, 6.45) is 2.56. The van der Waals surface area contributed by atoms with E-state index in [2.05, 4.69) is 24.3 Å². The van der Waals surface area contributed by atoms with Crippen molar-refractivity contribution >= 4 is 24.8 Å². The molecule has 0 aromatic heterocycles. The minimum absolute atomic E-state index is 0. The lowest BCUT2D eigenvalue weighted by atomic mass is 9.99. The molecule has 5 heteroatoms. The largest absolute Gasteiger partial charge is 0.380 e. The van der Waals surface area contributed by atoms with Crippen LogP contribution in [0.25, 0.3) is 0 Å². The van der Waals surface area contributed by atoms with Crippen molar-refractivity contribution in [1.82, 2.24) is 10.2 Å². The van der Waals surface area contributed by atoms with Crippen LogP contribution in [0.2, 0.25) is 0 Å².